The van der Waals surface area contributed by atoms with Gasteiger partial charge in [-0.15, -0.1) is 0 Å². The molecule has 1 amide bonds. The molecule has 0 saturated heterocycles. The van der Waals surface area contributed by atoms with Gasteiger partial charge in [0.2, 0.25) is 0 Å². The summed E-state index contributed by atoms with van der Waals surface area (Å²) in [4.78, 5) is 15.6. The van der Waals surface area contributed by atoms with E-state index in [1.807, 2.05) is 6.20 Å². The van der Waals surface area contributed by atoms with E-state index in [4.69, 9.17) is 9.47 Å². The minimum Gasteiger partial charge on any atom is -0.493 e. The predicted molar refractivity (Wildman–Crippen MR) is 107 cm³/mol. The lowest BCUT2D eigenvalue weighted by Crippen LogP contribution is -2.26. The Kier molecular flexibility index (Phi) is 5.65. The van der Waals surface area contributed by atoms with Crippen molar-refractivity contribution in [1.82, 2.24) is 10.3 Å². The van der Waals surface area contributed by atoms with Gasteiger partial charge in [-0.2, -0.15) is 0 Å². The van der Waals surface area contributed by atoms with Crippen molar-refractivity contribution in [2.75, 3.05) is 20.8 Å². The second-order valence-corrected chi connectivity index (χ2v) is 6.86. The number of methoxy groups -OCH3 is 2. The summed E-state index contributed by atoms with van der Waals surface area (Å²) in [7, 11) is 3.09. The van der Waals surface area contributed by atoms with E-state index in [1.54, 1.807) is 25.3 Å². The molecule has 0 aliphatic heterocycles. The summed E-state index contributed by atoms with van der Waals surface area (Å²) in [5.74, 6) is 0.639. The molecule has 0 fully saturated rings. The van der Waals surface area contributed by atoms with Crippen LogP contribution in [-0.2, 0) is 6.42 Å². The van der Waals surface area contributed by atoms with Gasteiger partial charge in [0.25, 0.3) is 5.91 Å². The van der Waals surface area contributed by atoms with E-state index in [-0.39, 0.29) is 11.7 Å². The van der Waals surface area contributed by atoms with E-state index in [0.717, 1.165) is 20.0 Å². The van der Waals surface area contributed by atoms with Crippen LogP contribution >= 0.6 is 22.6 Å². The highest BCUT2D eigenvalue weighted by molar-refractivity contribution is 14.1. The zero-order chi connectivity index (χ0) is 18.7. The number of hydrogen-bond acceptors (Lipinski definition) is 3. The number of aromatic nitrogens is 1. The number of amides is 1. The molecule has 1 heterocycles. The molecule has 0 aliphatic rings. The molecule has 136 valence electrons. The quantitative estimate of drug-likeness (QED) is 0.540. The summed E-state index contributed by atoms with van der Waals surface area (Å²) in [6, 6.07) is 8.08. The first-order chi connectivity index (χ1) is 12.5. The molecule has 26 heavy (non-hydrogen) atoms. The maximum Gasteiger partial charge on any atom is 0.252 e. The van der Waals surface area contributed by atoms with E-state index in [9.17, 15) is 9.18 Å². The van der Waals surface area contributed by atoms with Crippen molar-refractivity contribution in [3.63, 3.8) is 0 Å². The molecule has 3 aromatic rings. The topological polar surface area (TPSA) is 63.3 Å². The molecule has 0 bridgehead atoms. The monoisotopic (exact) mass is 468 g/mol. The van der Waals surface area contributed by atoms with E-state index in [2.05, 4.69) is 32.9 Å². The lowest BCUT2D eigenvalue weighted by molar-refractivity contribution is 0.0953. The first-order valence-electron chi connectivity index (χ1n) is 7.98. The van der Waals surface area contributed by atoms with Gasteiger partial charge in [0.15, 0.2) is 11.5 Å². The Labute approximate surface area is 164 Å². The van der Waals surface area contributed by atoms with Crippen LogP contribution in [0, 0.1) is 9.39 Å². The Bertz CT molecular complexity index is 955. The molecular formula is C19H18FIN2O3. The van der Waals surface area contributed by atoms with E-state index < -0.39 is 0 Å². The number of H-pyrrole nitrogens is 1. The van der Waals surface area contributed by atoms with Gasteiger partial charge in [0, 0.05) is 27.2 Å². The van der Waals surface area contributed by atoms with Crippen molar-refractivity contribution in [3.8, 4) is 11.5 Å². The summed E-state index contributed by atoms with van der Waals surface area (Å²) in [6.07, 6.45) is 2.48. The Morgan fingerprint density at radius 2 is 1.92 bits per heavy atom. The third-order valence-electron chi connectivity index (χ3n) is 4.13. The first kappa shape index (κ1) is 18.5. The van der Waals surface area contributed by atoms with Crippen LogP contribution in [0.4, 0.5) is 4.39 Å². The first-order valence-corrected chi connectivity index (χ1v) is 9.06. The Hall–Kier alpha value is -2.29. The number of carbonyl (C=O) groups excluding carboxylic acids is 1. The summed E-state index contributed by atoms with van der Waals surface area (Å²) in [5, 5.41) is 3.87. The molecule has 3 rings (SSSR count). The number of benzene rings is 2. The van der Waals surface area contributed by atoms with Crippen molar-refractivity contribution in [2.24, 2.45) is 0 Å². The minimum absolute atomic E-state index is 0.179. The van der Waals surface area contributed by atoms with Gasteiger partial charge >= 0.3 is 0 Å². The summed E-state index contributed by atoms with van der Waals surface area (Å²) in [5.41, 5.74) is 2.31. The lowest BCUT2D eigenvalue weighted by Gasteiger charge is -2.12. The number of halogens is 2. The highest BCUT2D eigenvalue weighted by Gasteiger charge is 2.15. The normalized spacial score (nSPS) is 10.8. The molecule has 7 heteroatoms. The minimum atomic E-state index is -0.276. The van der Waals surface area contributed by atoms with Crippen LogP contribution < -0.4 is 14.8 Å². The number of nitrogens with one attached hydrogen (secondary N) is 2. The molecule has 0 spiro atoms. The van der Waals surface area contributed by atoms with Crippen LogP contribution in [0.1, 0.15) is 15.9 Å². The second kappa shape index (κ2) is 7.94. The molecule has 0 atom stereocenters. The second-order valence-electron chi connectivity index (χ2n) is 5.70. The summed E-state index contributed by atoms with van der Waals surface area (Å²) in [6.45, 7) is 0.466. The fourth-order valence-electron chi connectivity index (χ4n) is 2.80. The average molecular weight is 468 g/mol. The van der Waals surface area contributed by atoms with Gasteiger partial charge in [-0.3, -0.25) is 4.79 Å². The smallest absolute Gasteiger partial charge is 0.252 e. The third-order valence-corrected chi connectivity index (χ3v) is 5.02. The van der Waals surface area contributed by atoms with Gasteiger partial charge in [0.1, 0.15) is 5.82 Å². The Morgan fingerprint density at radius 3 is 2.65 bits per heavy atom. The Morgan fingerprint density at radius 1 is 1.19 bits per heavy atom. The fraction of sp³-hybridized carbons (Fsp3) is 0.211. The molecule has 2 N–H and O–H groups in total. The number of aromatic amines is 1. The van der Waals surface area contributed by atoms with Crippen LogP contribution in [0.3, 0.4) is 0 Å². The van der Waals surface area contributed by atoms with E-state index >= 15 is 0 Å². The lowest BCUT2D eigenvalue weighted by atomic mass is 10.1. The van der Waals surface area contributed by atoms with E-state index in [0.29, 0.717) is 30.0 Å². The average Bonchev–Trinajstić information content (AvgIpc) is 3.03. The predicted octanol–water partition coefficient (Wildman–Crippen LogP) is 3.90. The summed E-state index contributed by atoms with van der Waals surface area (Å²) >= 11 is 2.10. The van der Waals surface area contributed by atoms with Gasteiger partial charge in [0.05, 0.1) is 19.8 Å². The molecule has 0 aliphatic carbocycles. The van der Waals surface area contributed by atoms with Gasteiger partial charge in [-0.25, -0.2) is 4.39 Å². The van der Waals surface area contributed by atoms with Crippen LogP contribution in [0.5, 0.6) is 11.5 Å². The molecule has 0 radical (unpaired) electrons. The number of carbonyl (C=O) groups is 1. The highest BCUT2D eigenvalue weighted by atomic mass is 127. The molecule has 5 nitrogen and oxygen atoms in total. The maximum absolute atomic E-state index is 13.2. The van der Waals surface area contributed by atoms with Crippen LogP contribution in [0.15, 0.2) is 36.5 Å². The zero-order valence-corrected chi connectivity index (χ0v) is 16.5. The van der Waals surface area contributed by atoms with Crippen LogP contribution in [0.25, 0.3) is 10.9 Å². The summed E-state index contributed by atoms with van der Waals surface area (Å²) < 4.78 is 24.5. The van der Waals surface area contributed by atoms with Crippen LogP contribution in [0.2, 0.25) is 0 Å². The largest absolute Gasteiger partial charge is 0.493 e. The zero-order valence-electron chi connectivity index (χ0n) is 14.4. The molecule has 0 unspecified atom stereocenters. The van der Waals surface area contributed by atoms with Crippen molar-refractivity contribution < 1.29 is 18.7 Å². The maximum atomic E-state index is 13.2. The van der Waals surface area contributed by atoms with Gasteiger partial charge in [-0.05, 0) is 64.9 Å². The Balaban J connectivity index is 1.69. The number of fused-ring (bicyclic) bond motifs is 1. The highest BCUT2D eigenvalue weighted by Crippen LogP contribution is 2.31. The van der Waals surface area contributed by atoms with E-state index in [1.165, 1.54) is 19.2 Å². The molecule has 2 aromatic carbocycles. The van der Waals surface area contributed by atoms with Crippen molar-refractivity contribution >= 4 is 39.4 Å². The fourth-order valence-corrected chi connectivity index (χ4v) is 3.48. The standard InChI is InChI=1S/C19H18FIN2O3/c1-25-17-8-14(15(21)9-18(17)26-2)19(24)22-6-5-11-10-23-16-7-12(20)3-4-13(11)16/h3-4,7-10,23H,5-6H2,1-2H3,(H,22,24). The van der Waals surface area contributed by atoms with Gasteiger partial charge < -0.3 is 19.8 Å². The SMILES string of the molecule is COc1cc(I)c(C(=O)NCCc2c[nH]c3cc(F)ccc23)cc1OC. The molecular weight excluding hydrogens is 450 g/mol. The van der Waals surface area contributed by atoms with Gasteiger partial charge in [-0.1, -0.05) is 0 Å². The van der Waals surface area contributed by atoms with Crippen molar-refractivity contribution in [2.45, 2.75) is 6.42 Å². The van der Waals surface area contributed by atoms with Crippen LogP contribution in [-0.4, -0.2) is 31.7 Å². The number of ether oxygens (including phenoxy) is 2. The number of rotatable bonds is 6. The molecule has 1 aromatic heterocycles. The third kappa shape index (κ3) is 3.77. The van der Waals surface area contributed by atoms with Crippen molar-refractivity contribution in [1.29, 1.82) is 0 Å². The molecule has 0 saturated carbocycles. The number of hydrogen-bond donors (Lipinski definition) is 2. The van der Waals surface area contributed by atoms with Crippen molar-refractivity contribution in [3.05, 3.63) is 57.0 Å².